The average molecular weight is 282 g/mol. The van der Waals surface area contributed by atoms with Crippen LogP contribution in [0.5, 0.6) is 0 Å². The Balaban J connectivity index is 3.87. The number of nitrogens with two attached hydrogens (primary N) is 1. The van der Waals surface area contributed by atoms with Crippen molar-refractivity contribution in [2.24, 2.45) is 5.73 Å². The van der Waals surface area contributed by atoms with Crippen molar-refractivity contribution in [2.45, 2.75) is 19.0 Å². The van der Waals surface area contributed by atoms with Crippen molar-refractivity contribution in [3.63, 3.8) is 0 Å². The molecule has 0 fully saturated rings. The van der Waals surface area contributed by atoms with E-state index in [-0.39, 0.29) is 11.5 Å². The second kappa shape index (κ2) is 8.20. The lowest BCUT2D eigenvalue weighted by Gasteiger charge is -2.12. The van der Waals surface area contributed by atoms with Crippen LogP contribution in [-0.4, -0.2) is 51.6 Å². The zero-order valence-corrected chi connectivity index (χ0v) is 10.7. The van der Waals surface area contributed by atoms with E-state index in [0.29, 0.717) is 0 Å². The molecule has 98 valence electrons. The van der Waals surface area contributed by atoms with Crippen LogP contribution in [0.25, 0.3) is 0 Å². The molecule has 0 aliphatic rings. The molecule has 0 aliphatic carbocycles. The first kappa shape index (κ1) is 16.1. The summed E-state index contributed by atoms with van der Waals surface area (Å²) in [5, 5.41) is 19.5. The first-order valence-electron chi connectivity index (χ1n) is 4.57. The number of amides is 1. The molecule has 0 aliphatic heterocycles. The Labute approximate surface area is 106 Å². The zero-order chi connectivity index (χ0) is 13.4. The molecule has 9 heteroatoms. The lowest BCUT2D eigenvalue weighted by Crippen LogP contribution is -2.41. The molecular weight excluding hydrogens is 268 g/mol. The van der Waals surface area contributed by atoms with Gasteiger partial charge in [0.15, 0.2) is 0 Å². The summed E-state index contributed by atoms with van der Waals surface area (Å²) in [6, 6.07) is -1.96. The molecule has 0 aromatic rings. The van der Waals surface area contributed by atoms with Crippen LogP contribution in [-0.2, 0) is 14.4 Å². The largest absolute Gasteiger partial charge is 0.480 e. The number of carbonyl (C=O) groups excluding carboxylic acids is 1. The van der Waals surface area contributed by atoms with Crippen molar-refractivity contribution in [3.8, 4) is 0 Å². The normalized spacial score (nSPS) is 13.8. The quantitative estimate of drug-likeness (QED) is 0.342. The maximum absolute atomic E-state index is 10.7. The molecule has 0 heterocycles. The number of nitrogens with one attached hydrogen (secondary N) is 1. The van der Waals surface area contributed by atoms with Gasteiger partial charge in [0.2, 0.25) is 5.91 Å². The number of carbonyl (C=O) groups is 3. The van der Waals surface area contributed by atoms with E-state index in [1.807, 2.05) is 0 Å². The van der Waals surface area contributed by atoms with E-state index in [4.69, 9.17) is 15.9 Å². The fraction of sp³-hybridized carbons (Fsp3) is 0.625. The van der Waals surface area contributed by atoms with Gasteiger partial charge < -0.3 is 21.3 Å². The Bertz CT molecular complexity index is 300. The Morgan fingerprint density at radius 2 is 1.71 bits per heavy atom. The van der Waals surface area contributed by atoms with E-state index in [0.717, 1.165) is 21.6 Å². The average Bonchev–Trinajstić information content (AvgIpc) is 2.21. The minimum absolute atomic E-state index is 0.145. The highest BCUT2D eigenvalue weighted by Crippen LogP contribution is 2.22. The van der Waals surface area contributed by atoms with Crippen LogP contribution in [0.4, 0.5) is 0 Å². The summed E-state index contributed by atoms with van der Waals surface area (Å²) in [7, 11) is 2.31. The summed E-state index contributed by atoms with van der Waals surface area (Å²) in [5.74, 6) is -2.34. The molecule has 5 N–H and O–H groups in total. The van der Waals surface area contributed by atoms with E-state index in [1.165, 1.54) is 6.92 Å². The van der Waals surface area contributed by atoms with Gasteiger partial charge in [0.05, 0.1) is 0 Å². The van der Waals surface area contributed by atoms with Crippen molar-refractivity contribution in [1.82, 2.24) is 5.32 Å². The van der Waals surface area contributed by atoms with Gasteiger partial charge in [0.1, 0.15) is 12.1 Å². The third-order valence-electron chi connectivity index (χ3n) is 1.56. The molecule has 0 spiro atoms. The van der Waals surface area contributed by atoms with Crippen LogP contribution < -0.4 is 11.1 Å². The maximum Gasteiger partial charge on any atom is 0.327 e. The Hall–Kier alpha value is -0.930. The molecule has 7 nitrogen and oxygen atoms in total. The number of carboxylic acids is 2. The Morgan fingerprint density at radius 1 is 1.18 bits per heavy atom. The van der Waals surface area contributed by atoms with E-state index in [1.54, 1.807) is 0 Å². The van der Waals surface area contributed by atoms with Crippen molar-refractivity contribution < 1.29 is 24.6 Å². The molecule has 0 rings (SSSR count). The molecule has 0 aromatic heterocycles. The highest BCUT2D eigenvalue weighted by atomic mass is 33.1. The smallest absolute Gasteiger partial charge is 0.327 e. The number of hydrogen-bond donors (Lipinski definition) is 4. The Morgan fingerprint density at radius 3 is 2.12 bits per heavy atom. The van der Waals surface area contributed by atoms with Crippen LogP contribution >= 0.6 is 21.6 Å². The summed E-state index contributed by atoms with van der Waals surface area (Å²) in [6.45, 7) is 1.23. The van der Waals surface area contributed by atoms with Gasteiger partial charge in [0.25, 0.3) is 0 Å². The molecule has 0 saturated carbocycles. The molecule has 17 heavy (non-hydrogen) atoms. The number of carboxylic acid groups (broad SMARTS) is 2. The van der Waals surface area contributed by atoms with Crippen molar-refractivity contribution in [3.05, 3.63) is 0 Å². The molecular formula is C8H14N2O5S2. The summed E-state index contributed by atoms with van der Waals surface area (Å²) >= 11 is 0. The number of hydrogen-bond acceptors (Lipinski definition) is 6. The monoisotopic (exact) mass is 282 g/mol. The van der Waals surface area contributed by atoms with Crippen molar-refractivity contribution in [2.75, 3.05) is 11.5 Å². The van der Waals surface area contributed by atoms with Crippen molar-refractivity contribution >= 4 is 39.4 Å². The van der Waals surface area contributed by atoms with Crippen LogP contribution in [0.1, 0.15) is 6.92 Å². The van der Waals surface area contributed by atoms with Gasteiger partial charge >= 0.3 is 11.9 Å². The fourth-order valence-corrected chi connectivity index (χ4v) is 3.00. The summed E-state index contributed by atoms with van der Waals surface area (Å²) in [4.78, 5) is 31.8. The van der Waals surface area contributed by atoms with Crippen LogP contribution in [0.2, 0.25) is 0 Å². The zero-order valence-electron chi connectivity index (χ0n) is 9.08. The van der Waals surface area contributed by atoms with E-state index in [9.17, 15) is 14.4 Å². The van der Waals surface area contributed by atoms with E-state index >= 15 is 0 Å². The van der Waals surface area contributed by atoms with Crippen LogP contribution in [0.3, 0.4) is 0 Å². The van der Waals surface area contributed by atoms with Crippen LogP contribution in [0, 0.1) is 0 Å². The minimum atomic E-state index is -1.13. The molecule has 0 radical (unpaired) electrons. The fourth-order valence-electron chi connectivity index (χ4n) is 0.729. The second-order valence-corrected chi connectivity index (χ2v) is 5.66. The third-order valence-corrected chi connectivity index (χ3v) is 4.01. The topological polar surface area (TPSA) is 130 Å². The molecule has 1 amide bonds. The van der Waals surface area contributed by atoms with Gasteiger partial charge in [-0.25, -0.2) is 4.79 Å². The number of rotatable bonds is 8. The number of aliphatic carboxylic acids is 2. The predicted molar refractivity (Wildman–Crippen MR) is 65.8 cm³/mol. The molecule has 0 saturated heterocycles. The first-order chi connectivity index (χ1) is 7.84. The summed E-state index contributed by atoms with van der Waals surface area (Å²) in [6.07, 6.45) is 0. The predicted octanol–water partition coefficient (Wildman–Crippen LogP) is -0.631. The van der Waals surface area contributed by atoms with Gasteiger partial charge in [-0.2, -0.15) is 0 Å². The van der Waals surface area contributed by atoms with E-state index < -0.39 is 29.9 Å². The molecule has 2 atom stereocenters. The molecule has 0 bridgehead atoms. The second-order valence-electron chi connectivity index (χ2n) is 3.11. The lowest BCUT2D eigenvalue weighted by atomic mass is 10.3. The summed E-state index contributed by atoms with van der Waals surface area (Å²) in [5.41, 5.74) is 5.25. The van der Waals surface area contributed by atoms with Gasteiger partial charge in [-0.15, -0.1) is 0 Å². The first-order valence-corrected chi connectivity index (χ1v) is 7.06. The van der Waals surface area contributed by atoms with Gasteiger partial charge in [-0.05, 0) is 0 Å². The lowest BCUT2D eigenvalue weighted by molar-refractivity contribution is -0.140. The van der Waals surface area contributed by atoms with Gasteiger partial charge in [-0.3, -0.25) is 9.59 Å². The minimum Gasteiger partial charge on any atom is -0.480 e. The highest BCUT2D eigenvalue weighted by Gasteiger charge is 2.19. The summed E-state index contributed by atoms with van der Waals surface area (Å²) < 4.78 is 0. The van der Waals surface area contributed by atoms with Crippen LogP contribution in [0.15, 0.2) is 0 Å². The molecule has 0 unspecified atom stereocenters. The third kappa shape index (κ3) is 7.88. The van der Waals surface area contributed by atoms with Gasteiger partial charge in [0, 0.05) is 18.4 Å². The standard InChI is InChI=1S/C8H14N2O5S2/c1-4(11)10-6(8(14)15)3-17-16-2-5(9)7(12)13/h5-6H,2-3,9H2,1H3,(H,10,11)(H,12,13)(H,14,15)/t5-,6+/m0/s1. The highest BCUT2D eigenvalue weighted by molar-refractivity contribution is 8.76. The Kier molecular flexibility index (Phi) is 7.75. The van der Waals surface area contributed by atoms with E-state index in [2.05, 4.69) is 5.32 Å². The van der Waals surface area contributed by atoms with Gasteiger partial charge in [-0.1, -0.05) is 21.6 Å². The SMILES string of the molecule is CC(=O)N[C@H](CSSC[C@H](N)C(=O)O)C(=O)O. The molecule has 0 aromatic carbocycles. The van der Waals surface area contributed by atoms with Crippen molar-refractivity contribution in [1.29, 1.82) is 0 Å². The maximum atomic E-state index is 10.7.